The topological polar surface area (TPSA) is 97.4 Å². The summed E-state index contributed by atoms with van der Waals surface area (Å²) in [5, 5.41) is -0.709. The van der Waals surface area contributed by atoms with Gasteiger partial charge in [-0.05, 0) is 105 Å². The van der Waals surface area contributed by atoms with Crippen LogP contribution in [0.25, 0.3) is 0 Å². The number of nitrogens with zero attached hydrogens (tertiary/aromatic N) is 2. The molecule has 1 saturated carbocycles. The number of hydrogen-bond donors (Lipinski definition) is 1. The van der Waals surface area contributed by atoms with Crippen LogP contribution in [0.15, 0.2) is 42.5 Å². The first kappa shape index (κ1) is 35.7. The summed E-state index contributed by atoms with van der Waals surface area (Å²) in [7, 11) is -4.02. The number of nitrogens with one attached hydrogen (secondary N) is 1. The Bertz CT molecular complexity index is 1720. The summed E-state index contributed by atoms with van der Waals surface area (Å²) < 4.78 is 64.2. The third-order valence-electron chi connectivity index (χ3n) is 12.0. The minimum absolute atomic E-state index is 0.0372. The van der Waals surface area contributed by atoms with Gasteiger partial charge in [0, 0.05) is 38.3 Å². The zero-order valence-electron chi connectivity index (χ0n) is 29.0. The molecule has 1 unspecified atom stereocenters. The first-order chi connectivity index (χ1) is 24.0. The van der Waals surface area contributed by atoms with Crippen LogP contribution in [0.5, 0.6) is 5.75 Å². The molecular formula is C38H49ClFN3O6S. The second-order valence-electron chi connectivity index (χ2n) is 14.8. The van der Waals surface area contributed by atoms with Crippen LogP contribution in [-0.2, 0) is 32.5 Å². The quantitative estimate of drug-likeness (QED) is 0.384. The van der Waals surface area contributed by atoms with Gasteiger partial charge in [0.2, 0.25) is 10.0 Å². The van der Waals surface area contributed by atoms with Gasteiger partial charge in [-0.2, -0.15) is 0 Å². The molecule has 0 radical (unpaired) electrons. The number of carbonyl (C=O) groups excluding carboxylic acids is 1. The van der Waals surface area contributed by atoms with Gasteiger partial charge in [-0.3, -0.25) is 9.69 Å². The van der Waals surface area contributed by atoms with E-state index < -0.39 is 26.8 Å². The number of hydrogen-bond acceptors (Lipinski definition) is 8. The molecule has 2 aliphatic carbocycles. The maximum absolute atomic E-state index is 15.6. The Balaban J connectivity index is 1.29. The van der Waals surface area contributed by atoms with Gasteiger partial charge in [0.15, 0.2) is 0 Å². The van der Waals surface area contributed by atoms with Crippen LogP contribution in [0.3, 0.4) is 0 Å². The number of sulfonamides is 1. The summed E-state index contributed by atoms with van der Waals surface area (Å²) >= 11 is 6.29. The third-order valence-corrected chi connectivity index (χ3v) is 14.2. The monoisotopic (exact) mass is 729 g/mol. The summed E-state index contributed by atoms with van der Waals surface area (Å²) in [5.74, 6) is -0.314. The van der Waals surface area contributed by atoms with Gasteiger partial charge in [0.1, 0.15) is 11.6 Å². The van der Waals surface area contributed by atoms with Crippen molar-refractivity contribution in [1.29, 1.82) is 0 Å². The molecule has 2 aromatic carbocycles. The number of benzene rings is 2. The molecule has 6 atom stereocenters. The minimum Gasteiger partial charge on any atom is -0.491 e. The number of anilines is 1. The van der Waals surface area contributed by atoms with E-state index >= 15 is 4.39 Å². The molecule has 3 heterocycles. The molecule has 272 valence electrons. The molecule has 0 spiro atoms. The smallest absolute Gasteiger partial charge is 0.264 e. The molecule has 2 fully saturated rings. The Morgan fingerprint density at radius 3 is 2.70 bits per heavy atom. The average molecular weight is 730 g/mol. The number of amides is 1. The Labute approximate surface area is 300 Å². The Morgan fingerprint density at radius 1 is 1.10 bits per heavy atom. The maximum atomic E-state index is 15.6. The van der Waals surface area contributed by atoms with E-state index in [1.54, 1.807) is 31.2 Å². The lowest BCUT2D eigenvalue weighted by Crippen LogP contribution is -2.52. The first-order valence-corrected chi connectivity index (χ1v) is 20.1. The molecule has 9 nitrogen and oxygen atoms in total. The van der Waals surface area contributed by atoms with Crippen molar-refractivity contribution in [2.75, 3.05) is 57.5 Å². The van der Waals surface area contributed by atoms with E-state index in [0.717, 1.165) is 57.7 Å². The van der Waals surface area contributed by atoms with Crippen LogP contribution in [-0.4, -0.2) is 82.7 Å². The van der Waals surface area contributed by atoms with Gasteiger partial charge in [0.05, 0.1) is 48.0 Å². The summed E-state index contributed by atoms with van der Waals surface area (Å²) in [6, 6.07) is 8.62. The highest BCUT2D eigenvalue weighted by Crippen LogP contribution is 2.52. The maximum Gasteiger partial charge on any atom is 0.264 e. The fourth-order valence-corrected chi connectivity index (χ4v) is 10.1. The summed E-state index contributed by atoms with van der Waals surface area (Å²) in [4.78, 5) is 18.2. The number of carbonyl (C=O) groups is 1. The first-order valence-electron chi connectivity index (χ1n) is 18.2. The molecule has 4 bridgehead atoms. The molecule has 0 aromatic heterocycles. The Kier molecular flexibility index (Phi) is 10.5. The van der Waals surface area contributed by atoms with E-state index in [0.29, 0.717) is 62.6 Å². The van der Waals surface area contributed by atoms with E-state index in [1.807, 2.05) is 13.0 Å². The Morgan fingerprint density at radius 2 is 1.92 bits per heavy atom. The van der Waals surface area contributed by atoms with Crippen LogP contribution >= 0.6 is 11.6 Å². The molecule has 50 heavy (non-hydrogen) atoms. The van der Waals surface area contributed by atoms with Gasteiger partial charge in [-0.15, -0.1) is 0 Å². The number of allylic oxidation sites excluding steroid dienone is 1. The van der Waals surface area contributed by atoms with Crippen LogP contribution in [0, 0.1) is 29.5 Å². The van der Waals surface area contributed by atoms with Crippen molar-refractivity contribution >= 4 is 33.2 Å². The fraction of sp³-hybridized carbons (Fsp3) is 0.605. The lowest BCUT2D eigenvalue weighted by molar-refractivity contribution is -0.110. The minimum atomic E-state index is -4.02. The van der Waals surface area contributed by atoms with Crippen LogP contribution < -0.4 is 14.4 Å². The lowest BCUT2D eigenvalue weighted by atomic mass is 9.63. The highest BCUT2D eigenvalue weighted by Gasteiger charge is 2.52. The van der Waals surface area contributed by atoms with Gasteiger partial charge < -0.3 is 19.1 Å². The van der Waals surface area contributed by atoms with Crippen LogP contribution in [0.4, 0.5) is 10.1 Å². The number of ether oxygens (including phenoxy) is 3. The molecule has 5 aliphatic rings. The fourth-order valence-electron chi connectivity index (χ4n) is 8.57. The number of morpholine rings is 1. The predicted octanol–water partition coefficient (Wildman–Crippen LogP) is 5.99. The van der Waals surface area contributed by atoms with E-state index in [-0.39, 0.29) is 40.1 Å². The lowest BCUT2D eigenvalue weighted by Gasteiger charge is -2.50. The standard InChI is InChI=1S/C38H49ClFN3O6S/c1-25-26(2)50(45,46)41-37(44)27-8-11-35-34(21-27)43(23-29-7-10-33(39)36(40)31(29)5-3-4-17-48-35)24-30-6-9-32(30)38(13-12-28(25)22-38)49-20-16-42-14-18-47-19-15-42/h7-8,10-13,21,25-26,28,30,32H,3-6,9,14-20,22-24H2,1-2H3,(H,41,44)/t25-,26-,28+,30+,32-,38?/m1/s1. The summed E-state index contributed by atoms with van der Waals surface area (Å²) in [6.07, 6.45) is 9.01. The van der Waals surface area contributed by atoms with E-state index in [4.69, 9.17) is 25.8 Å². The van der Waals surface area contributed by atoms with E-state index in [1.165, 1.54) is 0 Å². The molecule has 1 amide bonds. The number of fused-ring (bicyclic) bond motifs is 6. The molecular weight excluding hydrogens is 681 g/mol. The number of halogens is 2. The van der Waals surface area contributed by atoms with Crippen molar-refractivity contribution in [3.63, 3.8) is 0 Å². The molecule has 1 saturated heterocycles. The van der Waals surface area contributed by atoms with Crippen molar-refractivity contribution in [2.24, 2.45) is 23.7 Å². The SMILES string of the molecule is C[C@@H]1[C@@H](C)S(=O)(=O)NC(=O)c2ccc3c(c2)N(Cc2ccc(Cl)c(F)c2CCCCO3)C[C@@H]2CC[C@H]2C2(OCCN3CCOCC3)C=C[C@H]1C2. The van der Waals surface area contributed by atoms with Crippen molar-refractivity contribution in [2.45, 2.75) is 69.8 Å². The molecule has 7 rings (SSSR count). The van der Waals surface area contributed by atoms with Crippen LogP contribution in [0.1, 0.15) is 67.4 Å². The van der Waals surface area contributed by atoms with Gasteiger partial charge in [-0.1, -0.05) is 36.7 Å². The van der Waals surface area contributed by atoms with Crippen molar-refractivity contribution in [3.8, 4) is 5.75 Å². The predicted molar refractivity (Wildman–Crippen MR) is 192 cm³/mol. The average Bonchev–Trinajstić information content (AvgIpc) is 3.50. The number of rotatable bonds is 4. The molecule has 3 aliphatic heterocycles. The van der Waals surface area contributed by atoms with Gasteiger partial charge in [0.25, 0.3) is 5.91 Å². The molecule has 1 N–H and O–H groups in total. The van der Waals surface area contributed by atoms with Crippen molar-refractivity contribution < 1.29 is 31.8 Å². The van der Waals surface area contributed by atoms with Crippen molar-refractivity contribution in [3.05, 3.63) is 70.0 Å². The zero-order valence-corrected chi connectivity index (χ0v) is 30.6. The Hall–Kier alpha value is -2.70. The van der Waals surface area contributed by atoms with E-state index in [2.05, 4.69) is 26.7 Å². The van der Waals surface area contributed by atoms with Gasteiger partial charge >= 0.3 is 0 Å². The normalized spacial score (nSPS) is 31.5. The summed E-state index contributed by atoms with van der Waals surface area (Å²) in [6.45, 7) is 9.65. The second kappa shape index (κ2) is 14.7. The second-order valence-corrected chi connectivity index (χ2v) is 17.3. The van der Waals surface area contributed by atoms with Crippen LogP contribution in [0.2, 0.25) is 5.02 Å². The third kappa shape index (κ3) is 7.18. The molecule has 2 aromatic rings. The highest BCUT2D eigenvalue weighted by molar-refractivity contribution is 7.90. The van der Waals surface area contributed by atoms with Gasteiger partial charge in [-0.25, -0.2) is 17.5 Å². The summed E-state index contributed by atoms with van der Waals surface area (Å²) in [5.41, 5.74) is 1.80. The highest BCUT2D eigenvalue weighted by atomic mass is 35.5. The zero-order chi connectivity index (χ0) is 35.0. The molecule has 12 heteroatoms. The van der Waals surface area contributed by atoms with Crippen molar-refractivity contribution in [1.82, 2.24) is 9.62 Å². The largest absolute Gasteiger partial charge is 0.491 e. The van der Waals surface area contributed by atoms with E-state index in [9.17, 15) is 13.2 Å².